The zero-order valence-corrected chi connectivity index (χ0v) is 13.9. The van der Waals surface area contributed by atoms with Gasteiger partial charge in [-0.3, -0.25) is 4.90 Å². The molecule has 0 radical (unpaired) electrons. The summed E-state index contributed by atoms with van der Waals surface area (Å²) in [5, 5.41) is 2.97. The predicted molar refractivity (Wildman–Crippen MR) is 89.3 cm³/mol. The molecule has 1 N–H and O–H groups in total. The maximum absolute atomic E-state index is 12.5. The van der Waals surface area contributed by atoms with E-state index in [1.54, 1.807) is 26.4 Å². The molecule has 0 unspecified atom stereocenters. The van der Waals surface area contributed by atoms with Gasteiger partial charge in [0.25, 0.3) is 0 Å². The van der Waals surface area contributed by atoms with E-state index in [1.807, 2.05) is 11.0 Å². The van der Waals surface area contributed by atoms with Crippen LogP contribution in [0, 0.1) is 0 Å². The number of anilines is 1. The number of urea groups is 1. The van der Waals surface area contributed by atoms with Gasteiger partial charge in [-0.1, -0.05) is 6.42 Å². The Morgan fingerprint density at radius 3 is 2.74 bits per heavy atom. The lowest BCUT2D eigenvalue weighted by molar-refractivity contribution is 0.0678. The first-order valence-corrected chi connectivity index (χ1v) is 8.23. The minimum absolute atomic E-state index is 0.0394. The largest absolute Gasteiger partial charge is 0.493 e. The number of carbonyl (C=O) groups is 1. The molecule has 1 atom stereocenters. The molecule has 23 heavy (non-hydrogen) atoms. The number of nitrogens with one attached hydrogen (secondary N) is 1. The molecule has 2 aliphatic heterocycles. The zero-order chi connectivity index (χ0) is 16.2. The molecule has 0 saturated carbocycles. The molecule has 0 spiro atoms. The Morgan fingerprint density at radius 1 is 1.13 bits per heavy atom. The Balaban J connectivity index is 1.62. The summed E-state index contributed by atoms with van der Waals surface area (Å²) in [5.74, 6) is 1.27. The zero-order valence-electron chi connectivity index (χ0n) is 13.9. The third-order valence-electron chi connectivity index (χ3n) is 4.76. The number of methoxy groups -OCH3 is 2. The van der Waals surface area contributed by atoms with Gasteiger partial charge in [-0.25, -0.2) is 4.79 Å². The van der Waals surface area contributed by atoms with Gasteiger partial charge in [0.1, 0.15) is 0 Å². The standard InChI is InChI=1S/C17H25N3O3/c1-22-15-7-6-13(11-16(15)23-2)18-17(21)20-10-9-19-8-4-3-5-14(19)12-20/h6-7,11,14H,3-5,8-10,12H2,1-2H3,(H,18,21)/t14-/m1/s1. The highest BCUT2D eigenvalue weighted by atomic mass is 16.5. The number of amides is 2. The number of piperidine rings is 1. The first-order chi connectivity index (χ1) is 11.2. The second-order valence-corrected chi connectivity index (χ2v) is 6.13. The number of piperazine rings is 1. The first kappa shape index (κ1) is 15.9. The van der Waals surface area contributed by atoms with Crippen molar-refractivity contribution in [1.29, 1.82) is 0 Å². The van der Waals surface area contributed by atoms with Gasteiger partial charge in [0.2, 0.25) is 0 Å². The van der Waals surface area contributed by atoms with Gasteiger partial charge < -0.3 is 19.7 Å². The summed E-state index contributed by atoms with van der Waals surface area (Å²) in [4.78, 5) is 17.0. The van der Waals surface area contributed by atoms with Gasteiger partial charge >= 0.3 is 6.03 Å². The van der Waals surface area contributed by atoms with E-state index in [2.05, 4.69) is 10.2 Å². The Kier molecular flexibility index (Phi) is 4.91. The molecule has 0 aliphatic carbocycles. The fourth-order valence-electron chi connectivity index (χ4n) is 3.46. The molecular weight excluding hydrogens is 294 g/mol. The molecule has 1 aromatic carbocycles. The maximum Gasteiger partial charge on any atom is 0.321 e. The normalized spacial score (nSPS) is 21.5. The SMILES string of the molecule is COc1ccc(NC(=O)N2CCN3CCCC[C@@H]3C2)cc1OC. The lowest BCUT2D eigenvalue weighted by Gasteiger charge is -2.43. The molecule has 0 aromatic heterocycles. The number of hydrogen-bond acceptors (Lipinski definition) is 4. The van der Waals surface area contributed by atoms with Crippen LogP contribution in [0.1, 0.15) is 19.3 Å². The average Bonchev–Trinajstić information content (AvgIpc) is 2.61. The third-order valence-corrected chi connectivity index (χ3v) is 4.76. The van der Waals surface area contributed by atoms with Crippen molar-refractivity contribution in [3.63, 3.8) is 0 Å². The molecule has 2 aliphatic rings. The van der Waals surface area contributed by atoms with Crippen molar-refractivity contribution in [3.05, 3.63) is 18.2 Å². The summed E-state index contributed by atoms with van der Waals surface area (Å²) < 4.78 is 10.5. The molecule has 3 rings (SSSR count). The van der Waals surface area contributed by atoms with Crippen LogP contribution in [0.5, 0.6) is 11.5 Å². The first-order valence-electron chi connectivity index (χ1n) is 8.23. The van der Waals surface area contributed by atoms with E-state index < -0.39 is 0 Å². The van der Waals surface area contributed by atoms with Crippen LogP contribution in [-0.4, -0.2) is 62.3 Å². The fraction of sp³-hybridized carbons (Fsp3) is 0.588. The lowest BCUT2D eigenvalue weighted by atomic mass is 10.00. The minimum atomic E-state index is -0.0394. The highest BCUT2D eigenvalue weighted by Crippen LogP contribution is 2.30. The van der Waals surface area contributed by atoms with E-state index in [0.717, 1.165) is 25.3 Å². The summed E-state index contributed by atoms with van der Waals surface area (Å²) in [5.41, 5.74) is 0.721. The molecule has 2 saturated heterocycles. The molecule has 126 valence electrons. The van der Waals surface area contributed by atoms with Crippen LogP contribution in [0.2, 0.25) is 0 Å². The molecule has 6 heteroatoms. The Labute approximate surface area is 137 Å². The van der Waals surface area contributed by atoms with Crippen molar-refractivity contribution in [1.82, 2.24) is 9.80 Å². The number of rotatable bonds is 3. The Hall–Kier alpha value is -1.95. The van der Waals surface area contributed by atoms with E-state index in [9.17, 15) is 4.79 Å². The highest BCUT2D eigenvalue weighted by molar-refractivity contribution is 5.89. The van der Waals surface area contributed by atoms with Crippen molar-refractivity contribution in [2.75, 3.05) is 45.7 Å². The molecular formula is C17H25N3O3. The van der Waals surface area contributed by atoms with Crippen LogP contribution in [0.15, 0.2) is 18.2 Å². The summed E-state index contributed by atoms with van der Waals surface area (Å²) >= 11 is 0. The monoisotopic (exact) mass is 319 g/mol. The number of benzene rings is 1. The summed E-state index contributed by atoms with van der Waals surface area (Å²) in [7, 11) is 3.19. The van der Waals surface area contributed by atoms with Crippen LogP contribution >= 0.6 is 0 Å². The Bertz CT molecular complexity index is 564. The van der Waals surface area contributed by atoms with Crippen LogP contribution in [-0.2, 0) is 0 Å². The van der Waals surface area contributed by atoms with E-state index in [4.69, 9.17) is 9.47 Å². The van der Waals surface area contributed by atoms with Crippen molar-refractivity contribution in [2.24, 2.45) is 0 Å². The molecule has 2 amide bonds. The molecule has 6 nitrogen and oxygen atoms in total. The van der Waals surface area contributed by atoms with Gasteiger partial charge in [-0.05, 0) is 31.5 Å². The number of ether oxygens (including phenoxy) is 2. The number of fused-ring (bicyclic) bond motifs is 1. The number of nitrogens with zero attached hydrogens (tertiary/aromatic N) is 2. The van der Waals surface area contributed by atoms with Crippen molar-refractivity contribution < 1.29 is 14.3 Å². The third kappa shape index (κ3) is 3.52. The van der Waals surface area contributed by atoms with Crippen LogP contribution in [0.3, 0.4) is 0 Å². The van der Waals surface area contributed by atoms with Gasteiger partial charge in [0.05, 0.1) is 14.2 Å². The smallest absolute Gasteiger partial charge is 0.321 e. The minimum Gasteiger partial charge on any atom is -0.493 e. The summed E-state index contributed by atoms with van der Waals surface area (Å²) in [6.45, 7) is 3.76. The van der Waals surface area contributed by atoms with Crippen LogP contribution < -0.4 is 14.8 Å². The fourth-order valence-corrected chi connectivity index (χ4v) is 3.46. The van der Waals surface area contributed by atoms with E-state index in [-0.39, 0.29) is 6.03 Å². The van der Waals surface area contributed by atoms with Gasteiger partial charge in [0, 0.05) is 37.4 Å². The van der Waals surface area contributed by atoms with E-state index >= 15 is 0 Å². The van der Waals surface area contributed by atoms with Gasteiger partial charge in [0.15, 0.2) is 11.5 Å². The quantitative estimate of drug-likeness (QED) is 0.929. The second-order valence-electron chi connectivity index (χ2n) is 6.13. The van der Waals surface area contributed by atoms with Crippen molar-refractivity contribution >= 4 is 11.7 Å². The van der Waals surface area contributed by atoms with Crippen molar-refractivity contribution in [2.45, 2.75) is 25.3 Å². The summed E-state index contributed by atoms with van der Waals surface area (Å²) in [6, 6.07) is 5.90. The number of carbonyl (C=O) groups excluding carboxylic acids is 1. The average molecular weight is 319 g/mol. The Morgan fingerprint density at radius 2 is 1.96 bits per heavy atom. The van der Waals surface area contributed by atoms with Crippen LogP contribution in [0.25, 0.3) is 0 Å². The van der Waals surface area contributed by atoms with Gasteiger partial charge in [-0.15, -0.1) is 0 Å². The molecule has 1 aromatic rings. The molecule has 2 fully saturated rings. The lowest BCUT2D eigenvalue weighted by Crippen LogP contribution is -2.56. The second kappa shape index (κ2) is 7.08. The highest BCUT2D eigenvalue weighted by Gasteiger charge is 2.31. The van der Waals surface area contributed by atoms with E-state index in [1.165, 1.54) is 25.8 Å². The van der Waals surface area contributed by atoms with Gasteiger partial charge in [-0.2, -0.15) is 0 Å². The predicted octanol–water partition coefficient (Wildman–Crippen LogP) is 2.41. The molecule has 0 bridgehead atoms. The van der Waals surface area contributed by atoms with Crippen LogP contribution in [0.4, 0.5) is 10.5 Å². The van der Waals surface area contributed by atoms with E-state index in [0.29, 0.717) is 17.5 Å². The topological polar surface area (TPSA) is 54.0 Å². The summed E-state index contributed by atoms with van der Waals surface area (Å²) in [6.07, 6.45) is 3.75. The maximum atomic E-state index is 12.5. The number of hydrogen-bond donors (Lipinski definition) is 1. The molecule has 2 heterocycles. The van der Waals surface area contributed by atoms with Crippen molar-refractivity contribution in [3.8, 4) is 11.5 Å².